The Hall–Kier alpha value is -1.85. The summed E-state index contributed by atoms with van der Waals surface area (Å²) in [6.07, 6.45) is 1.72. The molecule has 4 N–H and O–H groups in total. The molecule has 0 aliphatic carbocycles. The van der Waals surface area contributed by atoms with E-state index >= 15 is 0 Å². The van der Waals surface area contributed by atoms with Crippen LogP contribution in [-0.4, -0.2) is 28.5 Å². The second kappa shape index (κ2) is 3.96. The van der Waals surface area contributed by atoms with Crippen LogP contribution in [0.2, 0.25) is 0 Å². The van der Waals surface area contributed by atoms with Crippen LogP contribution in [0.1, 0.15) is 18.5 Å². The zero-order valence-electron chi connectivity index (χ0n) is 9.18. The Morgan fingerprint density at radius 2 is 2.31 bits per heavy atom. The van der Waals surface area contributed by atoms with Crippen LogP contribution in [0.15, 0.2) is 6.07 Å². The predicted octanol–water partition coefficient (Wildman–Crippen LogP) is -0.179. The molecule has 1 aliphatic rings. The Morgan fingerprint density at radius 3 is 2.94 bits per heavy atom. The van der Waals surface area contributed by atoms with Crippen molar-refractivity contribution in [2.75, 3.05) is 17.2 Å². The summed E-state index contributed by atoms with van der Waals surface area (Å²) in [7, 11) is 0. The van der Waals surface area contributed by atoms with E-state index in [-0.39, 0.29) is 17.9 Å². The van der Waals surface area contributed by atoms with Crippen molar-refractivity contribution in [3.8, 4) is 0 Å². The molecule has 0 aromatic carbocycles. The molecule has 2 rings (SSSR count). The minimum absolute atomic E-state index is 0.227. The molecule has 1 aromatic heterocycles. The van der Waals surface area contributed by atoms with E-state index in [1.54, 1.807) is 0 Å². The molecule has 0 radical (unpaired) electrons. The number of anilines is 2. The molecule has 0 bridgehead atoms. The van der Waals surface area contributed by atoms with Crippen molar-refractivity contribution in [2.45, 2.75) is 25.8 Å². The molecular weight excluding hydrogens is 206 g/mol. The fourth-order valence-electron chi connectivity index (χ4n) is 2.06. The van der Waals surface area contributed by atoms with Crippen molar-refractivity contribution in [2.24, 2.45) is 5.73 Å². The third-order valence-corrected chi connectivity index (χ3v) is 2.73. The molecule has 1 unspecified atom stereocenters. The summed E-state index contributed by atoms with van der Waals surface area (Å²) in [4.78, 5) is 21.3. The second-order valence-electron chi connectivity index (χ2n) is 3.98. The van der Waals surface area contributed by atoms with E-state index in [0.29, 0.717) is 5.82 Å². The molecule has 86 valence electrons. The first-order valence-corrected chi connectivity index (χ1v) is 5.25. The number of carbonyl (C=O) groups is 1. The van der Waals surface area contributed by atoms with Gasteiger partial charge in [0.15, 0.2) is 0 Å². The average Bonchev–Trinajstić information content (AvgIpc) is 2.63. The van der Waals surface area contributed by atoms with Crippen LogP contribution >= 0.6 is 0 Å². The largest absolute Gasteiger partial charge is 0.368 e. The first kappa shape index (κ1) is 10.7. The van der Waals surface area contributed by atoms with Crippen molar-refractivity contribution in [1.82, 2.24) is 9.97 Å². The summed E-state index contributed by atoms with van der Waals surface area (Å²) in [5, 5.41) is 0. The molecule has 6 heteroatoms. The van der Waals surface area contributed by atoms with E-state index in [9.17, 15) is 4.79 Å². The molecule has 16 heavy (non-hydrogen) atoms. The fourth-order valence-corrected chi connectivity index (χ4v) is 2.06. The van der Waals surface area contributed by atoms with Crippen molar-refractivity contribution in [3.63, 3.8) is 0 Å². The van der Waals surface area contributed by atoms with Gasteiger partial charge in [0.25, 0.3) is 0 Å². The molecule has 1 fully saturated rings. The molecule has 1 saturated heterocycles. The van der Waals surface area contributed by atoms with Crippen molar-refractivity contribution < 1.29 is 4.79 Å². The van der Waals surface area contributed by atoms with Gasteiger partial charge in [0.1, 0.15) is 11.9 Å². The van der Waals surface area contributed by atoms with E-state index in [4.69, 9.17) is 11.5 Å². The van der Waals surface area contributed by atoms with E-state index in [1.807, 2.05) is 17.9 Å². The topological polar surface area (TPSA) is 98.1 Å². The number of nitrogens with two attached hydrogens (primary N) is 2. The molecule has 1 aromatic rings. The molecular formula is C10H15N5O. The van der Waals surface area contributed by atoms with Gasteiger partial charge in [0, 0.05) is 18.3 Å². The van der Waals surface area contributed by atoms with E-state index in [1.165, 1.54) is 0 Å². The maximum atomic E-state index is 11.3. The maximum absolute atomic E-state index is 11.3. The Bertz CT molecular complexity index is 399. The highest BCUT2D eigenvalue weighted by molar-refractivity contribution is 5.83. The summed E-state index contributed by atoms with van der Waals surface area (Å²) in [5.74, 6) is 0.601. The van der Waals surface area contributed by atoms with Gasteiger partial charge in [-0.2, -0.15) is 4.98 Å². The minimum atomic E-state index is -0.313. The molecule has 0 saturated carbocycles. The zero-order chi connectivity index (χ0) is 11.7. The van der Waals surface area contributed by atoms with Crippen molar-refractivity contribution >= 4 is 17.7 Å². The van der Waals surface area contributed by atoms with Crippen LogP contribution < -0.4 is 16.4 Å². The fraction of sp³-hybridized carbons (Fsp3) is 0.500. The first-order valence-electron chi connectivity index (χ1n) is 5.25. The van der Waals surface area contributed by atoms with Gasteiger partial charge >= 0.3 is 0 Å². The average molecular weight is 221 g/mol. The highest BCUT2D eigenvalue weighted by atomic mass is 16.1. The normalized spacial score (nSPS) is 20.1. The lowest BCUT2D eigenvalue weighted by Gasteiger charge is -2.23. The lowest BCUT2D eigenvalue weighted by atomic mass is 10.2. The minimum Gasteiger partial charge on any atom is -0.368 e. The number of nitrogen functional groups attached to an aromatic ring is 1. The number of nitrogens with zero attached hydrogens (tertiary/aromatic N) is 3. The Kier molecular flexibility index (Phi) is 2.64. The number of primary amides is 1. The van der Waals surface area contributed by atoms with Gasteiger partial charge in [0.2, 0.25) is 11.9 Å². The monoisotopic (exact) mass is 221 g/mol. The highest BCUT2D eigenvalue weighted by Gasteiger charge is 2.30. The molecule has 0 spiro atoms. The zero-order valence-corrected chi connectivity index (χ0v) is 9.18. The van der Waals surface area contributed by atoms with Crippen LogP contribution in [0.4, 0.5) is 11.8 Å². The number of hydrogen-bond donors (Lipinski definition) is 2. The van der Waals surface area contributed by atoms with Crippen molar-refractivity contribution in [3.05, 3.63) is 11.8 Å². The highest BCUT2D eigenvalue weighted by Crippen LogP contribution is 2.24. The Morgan fingerprint density at radius 1 is 1.56 bits per heavy atom. The number of aryl methyl sites for hydroxylation is 1. The standard InChI is InChI=1S/C10H15N5O/c1-6-5-8(14-10(12)13-6)15-4-2-3-7(15)9(11)16/h5,7H,2-4H2,1H3,(H2,11,16)(H2,12,13,14). The number of amides is 1. The summed E-state index contributed by atoms with van der Waals surface area (Å²) in [5.41, 5.74) is 11.7. The molecule has 1 aliphatic heterocycles. The summed E-state index contributed by atoms with van der Waals surface area (Å²) in [6, 6.07) is 1.55. The predicted molar refractivity (Wildman–Crippen MR) is 60.7 cm³/mol. The van der Waals surface area contributed by atoms with Gasteiger partial charge in [-0.15, -0.1) is 0 Å². The van der Waals surface area contributed by atoms with Crippen molar-refractivity contribution in [1.29, 1.82) is 0 Å². The third-order valence-electron chi connectivity index (χ3n) is 2.73. The Labute approximate surface area is 93.7 Å². The van der Waals surface area contributed by atoms with E-state index in [0.717, 1.165) is 25.1 Å². The number of aromatic nitrogens is 2. The maximum Gasteiger partial charge on any atom is 0.240 e. The van der Waals surface area contributed by atoms with Gasteiger partial charge in [-0.1, -0.05) is 0 Å². The summed E-state index contributed by atoms with van der Waals surface area (Å²) >= 11 is 0. The molecule has 6 nitrogen and oxygen atoms in total. The first-order chi connectivity index (χ1) is 7.58. The van der Waals surface area contributed by atoms with Crippen LogP contribution in [-0.2, 0) is 4.79 Å². The van der Waals surface area contributed by atoms with Crippen LogP contribution in [0.3, 0.4) is 0 Å². The lowest BCUT2D eigenvalue weighted by Crippen LogP contribution is -2.40. The SMILES string of the molecule is Cc1cc(N2CCCC2C(N)=O)nc(N)n1. The summed E-state index contributed by atoms with van der Waals surface area (Å²) < 4.78 is 0. The van der Waals surface area contributed by atoms with Crippen LogP contribution in [0, 0.1) is 6.92 Å². The quantitative estimate of drug-likeness (QED) is 0.722. The number of carbonyl (C=O) groups excluding carboxylic acids is 1. The van der Waals surface area contributed by atoms with E-state index < -0.39 is 0 Å². The third kappa shape index (κ3) is 1.91. The van der Waals surface area contributed by atoms with Gasteiger partial charge in [-0.05, 0) is 19.8 Å². The lowest BCUT2D eigenvalue weighted by molar-refractivity contribution is -0.119. The second-order valence-corrected chi connectivity index (χ2v) is 3.98. The molecule has 1 amide bonds. The summed E-state index contributed by atoms with van der Waals surface area (Å²) in [6.45, 7) is 2.63. The number of hydrogen-bond acceptors (Lipinski definition) is 5. The van der Waals surface area contributed by atoms with Gasteiger partial charge in [-0.3, -0.25) is 4.79 Å². The molecule has 1 atom stereocenters. The van der Waals surface area contributed by atoms with Crippen LogP contribution in [0.25, 0.3) is 0 Å². The van der Waals surface area contributed by atoms with Crippen LogP contribution in [0.5, 0.6) is 0 Å². The van der Waals surface area contributed by atoms with Gasteiger partial charge in [-0.25, -0.2) is 4.98 Å². The number of rotatable bonds is 2. The van der Waals surface area contributed by atoms with Gasteiger partial charge in [0.05, 0.1) is 0 Å². The molecule has 2 heterocycles. The Balaban J connectivity index is 2.32. The van der Waals surface area contributed by atoms with Gasteiger partial charge < -0.3 is 16.4 Å². The smallest absolute Gasteiger partial charge is 0.240 e. The van der Waals surface area contributed by atoms with E-state index in [2.05, 4.69) is 9.97 Å².